The van der Waals surface area contributed by atoms with Gasteiger partial charge in [0, 0.05) is 0 Å². The Kier molecular flexibility index (Phi) is 2.98. The first kappa shape index (κ1) is 10.5. The van der Waals surface area contributed by atoms with Crippen molar-refractivity contribution >= 4 is 9.47 Å². The summed E-state index contributed by atoms with van der Waals surface area (Å²) >= 11 is 0. The quantitative estimate of drug-likeness (QED) is 0.625. The van der Waals surface area contributed by atoms with Gasteiger partial charge in [0.05, 0.1) is 9.47 Å². The first-order chi connectivity index (χ1) is 5.95. The van der Waals surface area contributed by atoms with Gasteiger partial charge in [-0.05, 0) is 29.5 Å². The van der Waals surface area contributed by atoms with Crippen molar-refractivity contribution in [3.63, 3.8) is 0 Å². The SMILES string of the molecule is Cc1cc(C(C)(C)C)ccc1OP. The van der Waals surface area contributed by atoms with Crippen LogP contribution in [0, 0.1) is 6.92 Å². The summed E-state index contributed by atoms with van der Waals surface area (Å²) in [6, 6.07) is 6.31. The highest BCUT2D eigenvalue weighted by Crippen LogP contribution is 2.27. The highest BCUT2D eigenvalue weighted by Gasteiger charge is 2.14. The van der Waals surface area contributed by atoms with E-state index in [0.717, 1.165) is 5.75 Å². The molecule has 13 heavy (non-hydrogen) atoms. The van der Waals surface area contributed by atoms with Gasteiger partial charge in [0.25, 0.3) is 0 Å². The molecular formula is C11H17OP. The summed E-state index contributed by atoms with van der Waals surface area (Å²) in [5, 5.41) is 0. The van der Waals surface area contributed by atoms with Crippen molar-refractivity contribution in [2.45, 2.75) is 33.1 Å². The molecule has 0 fully saturated rings. The van der Waals surface area contributed by atoms with Crippen molar-refractivity contribution in [2.75, 3.05) is 0 Å². The molecular weight excluding hydrogens is 179 g/mol. The van der Waals surface area contributed by atoms with Gasteiger partial charge in [-0.25, -0.2) is 0 Å². The van der Waals surface area contributed by atoms with E-state index in [9.17, 15) is 0 Å². The van der Waals surface area contributed by atoms with Gasteiger partial charge in [0.1, 0.15) is 5.75 Å². The van der Waals surface area contributed by atoms with Crippen molar-refractivity contribution in [3.8, 4) is 5.75 Å². The third kappa shape index (κ3) is 2.45. The van der Waals surface area contributed by atoms with E-state index in [1.807, 2.05) is 6.07 Å². The van der Waals surface area contributed by atoms with Crippen LogP contribution in [0.1, 0.15) is 31.9 Å². The average molecular weight is 196 g/mol. The molecule has 0 aromatic heterocycles. The van der Waals surface area contributed by atoms with E-state index in [1.165, 1.54) is 11.1 Å². The minimum absolute atomic E-state index is 0.212. The van der Waals surface area contributed by atoms with E-state index in [2.05, 4.69) is 49.3 Å². The second-order valence-electron chi connectivity index (χ2n) is 4.35. The molecule has 0 aliphatic heterocycles. The lowest BCUT2D eigenvalue weighted by molar-refractivity contribution is 0.585. The fourth-order valence-electron chi connectivity index (χ4n) is 1.25. The molecule has 0 saturated carbocycles. The molecule has 1 rings (SSSR count). The van der Waals surface area contributed by atoms with Gasteiger partial charge in [-0.1, -0.05) is 32.9 Å². The summed E-state index contributed by atoms with van der Waals surface area (Å²) in [4.78, 5) is 0. The predicted molar refractivity (Wildman–Crippen MR) is 60.2 cm³/mol. The topological polar surface area (TPSA) is 9.23 Å². The molecule has 1 unspecified atom stereocenters. The maximum Gasteiger partial charge on any atom is 0.125 e. The van der Waals surface area contributed by atoms with E-state index in [-0.39, 0.29) is 5.41 Å². The molecule has 2 heteroatoms. The maximum absolute atomic E-state index is 5.13. The summed E-state index contributed by atoms with van der Waals surface area (Å²) < 4.78 is 5.13. The first-order valence-electron chi connectivity index (χ1n) is 4.43. The zero-order chi connectivity index (χ0) is 10.1. The van der Waals surface area contributed by atoms with E-state index in [1.54, 1.807) is 0 Å². The summed E-state index contributed by atoms with van der Waals surface area (Å²) in [6.07, 6.45) is 0. The third-order valence-electron chi connectivity index (χ3n) is 2.17. The summed E-state index contributed by atoms with van der Waals surface area (Å²) in [5.41, 5.74) is 2.74. The zero-order valence-electron chi connectivity index (χ0n) is 8.72. The zero-order valence-corrected chi connectivity index (χ0v) is 9.87. The summed E-state index contributed by atoms with van der Waals surface area (Å²) in [5.74, 6) is 0.929. The van der Waals surface area contributed by atoms with Gasteiger partial charge in [-0.2, -0.15) is 0 Å². The van der Waals surface area contributed by atoms with Gasteiger partial charge in [0.2, 0.25) is 0 Å². The molecule has 0 radical (unpaired) electrons. The van der Waals surface area contributed by atoms with Crippen LogP contribution in [0.15, 0.2) is 18.2 Å². The lowest BCUT2D eigenvalue weighted by Gasteiger charge is -2.20. The molecule has 0 aliphatic rings. The number of aryl methyl sites for hydroxylation is 1. The van der Waals surface area contributed by atoms with E-state index < -0.39 is 0 Å². The molecule has 1 atom stereocenters. The molecule has 0 N–H and O–H groups in total. The van der Waals surface area contributed by atoms with Crippen molar-refractivity contribution in [1.29, 1.82) is 0 Å². The maximum atomic E-state index is 5.13. The fraction of sp³-hybridized carbons (Fsp3) is 0.455. The largest absolute Gasteiger partial charge is 0.480 e. The predicted octanol–water partition coefficient (Wildman–Crippen LogP) is 3.46. The van der Waals surface area contributed by atoms with Crippen LogP contribution >= 0.6 is 9.47 Å². The van der Waals surface area contributed by atoms with E-state index >= 15 is 0 Å². The lowest BCUT2D eigenvalue weighted by atomic mass is 9.86. The normalized spacial score (nSPS) is 11.5. The molecule has 0 heterocycles. The Labute approximate surface area is 82.8 Å². The van der Waals surface area contributed by atoms with Crippen LogP contribution in [0.4, 0.5) is 0 Å². The fourth-order valence-corrected chi connectivity index (χ4v) is 1.51. The van der Waals surface area contributed by atoms with Gasteiger partial charge >= 0.3 is 0 Å². The minimum Gasteiger partial charge on any atom is -0.480 e. The Morgan fingerprint density at radius 2 is 1.85 bits per heavy atom. The summed E-state index contributed by atoms with van der Waals surface area (Å²) in [6.45, 7) is 8.70. The highest BCUT2D eigenvalue weighted by molar-refractivity contribution is 7.10. The molecule has 1 nitrogen and oxygen atoms in total. The van der Waals surface area contributed by atoms with Crippen molar-refractivity contribution in [3.05, 3.63) is 29.3 Å². The Balaban J connectivity index is 3.10. The number of hydrogen-bond donors (Lipinski definition) is 0. The second-order valence-corrected chi connectivity index (χ2v) is 4.58. The molecule has 0 aliphatic carbocycles. The Hall–Kier alpha value is -0.550. The number of rotatable bonds is 1. The number of hydrogen-bond acceptors (Lipinski definition) is 1. The van der Waals surface area contributed by atoms with Crippen LogP contribution in [-0.4, -0.2) is 0 Å². The molecule has 0 saturated heterocycles. The van der Waals surface area contributed by atoms with Gasteiger partial charge < -0.3 is 4.52 Å². The molecule has 1 aromatic rings. The van der Waals surface area contributed by atoms with Crippen molar-refractivity contribution in [2.24, 2.45) is 0 Å². The van der Waals surface area contributed by atoms with Crippen LogP contribution in [0.25, 0.3) is 0 Å². The van der Waals surface area contributed by atoms with Crippen LogP contribution in [0.3, 0.4) is 0 Å². The Morgan fingerprint density at radius 1 is 1.23 bits per heavy atom. The molecule has 0 bridgehead atoms. The van der Waals surface area contributed by atoms with Gasteiger partial charge in [0.15, 0.2) is 0 Å². The second kappa shape index (κ2) is 3.67. The van der Waals surface area contributed by atoms with Crippen molar-refractivity contribution < 1.29 is 4.52 Å². The molecule has 1 aromatic carbocycles. The standard InChI is InChI=1S/C11H17OP/c1-8-7-9(11(2,3)4)5-6-10(8)12-13/h5-7H,13H2,1-4H3. The Bertz CT molecular complexity index is 299. The van der Waals surface area contributed by atoms with E-state index in [4.69, 9.17) is 4.52 Å². The van der Waals surface area contributed by atoms with Crippen molar-refractivity contribution in [1.82, 2.24) is 0 Å². The summed E-state index contributed by atoms with van der Waals surface area (Å²) in [7, 11) is 2.27. The van der Waals surface area contributed by atoms with Crippen LogP contribution in [-0.2, 0) is 5.41 Å². The van der Waals surface area contributed by atoms with Crippen LogP contribution < -0.4 is 4.52 Å². The lowest BCUT2D eigenvalue weighted by Crippen LogP contribution is -2.10. The van der Waals surface area contributed by atoms with Crippen LogP contribution in [0.2, 0.25) is 0 Å². The van der Waals surface area contributed by atoms with E-state index in [0.29, 0.717) is 0 Å². The van der Waals surface area contributed by atoms with Gasteiger partial charge in [-0.3, -0.25) is 0 Å². The Morgan fingerprint density at radius 3 is 2.23 bits per heavy atom. The number of benzene rings is 1. The third-order valence-corrected chi connectivity index (χ3v) is 2.42. The molecule has 0 spiro atoms. The smallest absolute Gasteiger partial charge is 0.125 e. The molecule has 72 valence electrons. The van der Waals surface area contributed by atoms with Crippen LogP contribution in [0.5, 0.6) is 5.75 Å². The first-order valence-corrected chi connectivity index (χ1v) is 4.90. The highest BCUT2D eigenvalue weighted by atomic mass is 31.0. The monoisotopic (exact) mass is 196 g/mol. The minimum atomic E-state index is 0.212. The van der Waals surface area contributed by atoms with Gasteiger partial charge in [-0.15, -0.1) is 0 Å². The average Bonchev–Trinajstić information content (AvgIpc) is 2.02. The molecule has 0 amide bonds.